The van der Waals surface area contributed by atoms with Crippen LogP contribution in [0.15, 0.2) is 0 Å². The second-order valence-corrected chi connectivity index (χ2v) is 7.92. The third-order valence-corrected chi connectivity index (χ3v) is 4.67. The topological polar surface area (TPSA) is 23.6 Å². The van der Waals surface area contributed by atoms with Gasteiger partial charge < -0.3 is 9.80 Å². The summed E-state index contributed by atoms with van der Waals surface area (Å²) in [5.74, 6) is 1.45. The fourth-order valence-electron chi connectivity index (χ4n) is 3.20. The second-order valence-electron chi connectivity index (χ2n) is 7.92. The number of carbonyl (C=O) groups excluding carboxylic acids is 1. The minimum absolute atomic E-state index is 0.261. The van der Waals surface area contributed by atoms with E-state index in [0.717, 1.165) is 38.9 Å². The van der Waals surface area contributed by atoms with E-state index in [-0.39, 0.29) is 5.92 Å². The van der Waals surface area contributed by atoms with E-state index in [1.165, 1.54) is 6.42 Å². The molecule has 0 heterocycles. The quantitative estimate of drug-likeness (QED) is 0.748. The van der Waals surface area contributed by atoms with Gasteiger partial charge in [0.25, 0.3) is 0 Å². The number of hydrogen-bond acceptors (Lipinski definition) is 3. The van der Waals surface area contributed by atoms with Gasteiger partial charge in [0, 0.05) is 18.9 Å². The molecule has 0 aliphatic heterocycles. The lowest BCUT2D eigenvalue weighted by atomic mass is 9.68. The molecule has 1 fully saturated rings. The average molecular weight is 282 g/mol. The van der Waals surface area contributed by atoms with Crippen molar-refractivity contribution in [1.29, 1.82) is 0 Å². The molecule has 1 rings (SSSR count). The Morgan fingerprint density at radius 1 is 1.15 bits per heavy atom. The Kier molecular flexibility index (Phi) is 6.67. The minimum atomic E-state index is 0.261. The van der Waals surface area contributed by atoms with Crippen LogP contribution in [0.2, 0.25) is 0 Å². The lowest BCUT2D eigenvalue weighted by molar-refractivity contribution is -0.127. The highest BCUT2D eigenvalue weighted by molar-refractivity contribution is 5.82. The van der Waals surface area contributed by atoms with Gasteiger partial charge in [0.15, 0.2) is 0 Å². The molecule has 3 nitrogen and oxygen atoms in total. The maximum absolute atomic E-state index is 12.1. The molecule has 0 spiro atoms. The first-order chi connectivity index (χ1) is 9.20. The van der Waals surface area contributed by atoms with Crippen molar-refractivity contribution in [2.75, 3.05) is 40.8 Å². The maximum Gasteiger partial charge on any atom is 0.137 e. The summed E-state index contributed by atoms with van der Waals surface area (Å²) in [6.07, 6.45) is 4.13. The first-order valence-electron chi connectivity index (χ1n) is 8.06. The molecular weight excluding hydrogens is 248 g/mol. The molecule has 0 amide bonds. The van der Waals surface area contributed by atoms with Gasteiger partial charge in [0.2, 0.25) is 0 Å². The van der Waals surface area contributed by atoms with Crippen molar-refractivity contribution in [2.24, 2.45) is 17.3 Å². The zero-order chi connectivity index (χ0) is 15.3. The third-order valence-electron chi connectivity index (χ3n) is 4.67. The molecular formula is C17H34N2O. The Bertz CT molecular complexity index is 307. The van der Waals surface area contributed by atoms with Crippen LogP contribution in [0.25, 0.3) is 0 Å². The van der Waals surface area contributed by atoms with E-state index in [9.17, 15) is 4.79 Å². The normalized spacial score (nSPS) is 24.7. The van der Waals surface area contributed by atoms with E-state index in [0.29, 0.717) is 17.1 Å². The Morgan fingerprint density at radius 3 is 2.35 bits per heavy atom. The molecule has 2 atom stereocenters. The summed E-state index contributed by atoms with van der Waals surface area (Å²) in [5.41, 5.74) is 0.336. The van der Waals surface area contributed by atoms with Crippen molar-refractivity contribution >= 4 is 5.78 Å². The van der Waals surface area contributed by atoms with Gasteiger partial charge in [-0.2, -0.15) is 0 Å². The minimum Gasteiger partial charge on any atom is -0.309 e. The van der Waals surface area contributed by atoms with E-state index in [4.69, 9.17) is 0 Å². The van der Waals surface area contributed by atoms with Crippen molar-refractivity contribution in [3.05, 3.63) is 0 Å². The predicted molar refractivity (Wildman–Crippen MR) is 86.0 cm³/mol. The predicted octanol–water partition coefficient (Wildman–Crippen LogP) is 2.90. The summed E-state index contributed by atoms with van der Waals surface area (Å²) in [5, 5.41) is 0. The number of ketones is 1. The summed E-state index contributed by atoms with van der Waals surface area (Å²) >= 11 is 0. The Hall–Kier alpha value is -0.410. The van der Waals surface area contributed by atoms with Crippen molar-refractivity contribution in [3.8, 4) is 0 Å². The number of nitrogens with zero attached hydrogens (tertiary/aromatic N) is 2. The van der Waals surface area contributed by atoms with Crippen molar-refractivity contribution in [3.63, 3.8) is 0 Å². The third kappa shape index (κ3) is 5.92. The lowest BCUT2D eigenvalue weighted by Crippen LogP contribution is -2.38. The summed E-state index contributed by atoms with van der Waals surface area (Å²) in [6, 6.07) is 0. The summed E-state index contributed by atoms with van der Waals surface area (Å²) < 4.78 is 0. The van der Waals surface area contributed by atoms with Gasteiger partial charge in [-0.05, 0) is 64.8 Å². The summed E-state index contributed by atoms with van der Waals surface area (Å²) in [6.45, 7) is 10.1. The van der Waals surface area contributed by atoms with Gasteiger partial charge in [-0.1, -0.05) is 20.8 Å². The Morgan fingerprint density at radius 2 is 1.80 bits per heavy atom. The van der Waals surface area contributed by atoms with E-state index >= 15 is 0 Å². The van der Waals surface area contributed by atoms with Gasteiger partial charge >= 0.3 is 0 Å². The van der Waals surface area contributed by atoms with Crippen LogP contribution in [-0.2, 0) is 4.79 Å². The van der Waals surface area contributed by atoms with Crippen LogP contribution >= 0.6 is 0 Å². The molecule has 1 aliphatic carbocycles. The molecule has 0 radical (unpaired) electrons. The van der Waals surface area contributed by atoms with E-state index < -0.39 is 0 Å². The van der Waals surface area contributed by atoms with Crippen LogP contribution in [0.3, 0.4) is 0 Å². The first-order valence-corrected chi connectivity index (χ1v) is 8.06. The van der Waals surface area contributed by atoms with Crippen LogP contribution in [0.1, 0.15) is 46.5 Å². The molecule has 3 heteroatoms. The highest BCUT2D eigenvalue weighted by Crippen LogP contribution is 2.39. The standard InChI is InChI=1S/C17H34N2O/c1-17(2,3)15-8-9-16(20)14(12-15)13-19(6)11-7-10-18(4)5/h14-15H,7-13H2,1-6H3. The van der Waals surface area contributed by atoms with Crippen LogP contribution in [0.5, 0.6) is 0 Å². The van der Waals surface area contributed by atoms with Crippen LogP contribution < -0.4 is 0 Å². The van der Waals surface area contributed by atoms with Crippen LogP contribution in [0, 0.1) is 17.3 Å². The first kappa shape index (κ1) is 17.6. The number of hydrogen-bond donors (Lipinski definition) is 0. The van der Waals surface area contributed by atoms with Gasteiger partial charge in [-0.15, -0.1) is 0 Å². The van der Waals surface area contributed by atoms with Gasteiger partial charge in [0.05, 0.1) is 0 Å². The molecule has 20 heavy (non-hydrogen) atoms. The highest BCUT2D eigenvalue weighted by Gasteiger charge is 2.35. The molecule has 0 aromatic rings. The number of rotatable bonds is 6. The monoisotopic (exact) mass is 282 g/mol. The van der Waals surface area contributed by atoms with Gasteiger partial charge in [0.1, 0.15) is 5.78 Å². The number of Topliss-reactive ketones (excluding diaryl/α,β-unsaturated/α-hetero) is 1. The van der Waals surface area contributed by atoms with Gasteiger partial charge in [-0.3, -0.25) is 4.79 Å². The highest BCUT2D eigenvalue weighted by atomic mass is 16.1. The van der Waals surface area contributed by atoms with Crippen molar-refractivity contribution in [1.82, 2.24) is 9.80 Å². The van der Waals surface area contributed by atoms with Crippen molar-refractivity contribution in [2.45, 2.75) is 46.5 Å². The SMILES string of the molecule is CN(C)CCCN(C)CC1CC(C(C)(C)C)CCC1=O. The van der Waals surface area contributed by atoms with E-state index in [1.807, 2.05) is 0 Å². The zero-order valence-electron chi connectivity index (χ0n) is 14.4. The smallest absolute Gasteiger partial charge is 0.137 e. The van der Waals surface area contributed by atoms with Crippen molar-refractivity contribution < 1.29 is 4.79 Å². The molecule has 0 bridgehead atoms. The Labute approximate surface area is 125 Å². The average Bonchev–Trinajstić information content (AvgIpc) is 2.30. The molecule has 118 valence electrons. The van der Waals surface area contributed by atoms with E-state index in [2.05, 4.69) is 51.7 Å². The fourth-order valence-corrected chi connectivity index (χ4v) is 3.20. The molecule has 1 saturated carbocycles. The largest absolute Gasteiger partial charge is 0.309 e. The van der Waals surface area contributed by atoms with Crippen LogP contribution in [0.4, 0.5) is 0 Å². The zero-order valence-corrected chi connectivity index (χ0v) is 14.4. The molecule has 0 saturated heterocycles. The molecule has 0 aromatic heterocycles. The van der Waals surface area contributed by atoms with Crippen LogP contribution in [-0.4, -0.2) is 56.4 Å². The van der Waals surface area contributed by atoms with Gasteiger partial charge in [-0.25, -0.2) is 0 Å². The molecule has 0 N–H and O–H groups in total. The summed E-state index contributed by atoms with van der Waals surface area (Å²) in [4.78, 5) is 16.7. The Balaban J connectivity index is 2.42. The van der Waals surface area contributed by atoms with E-state index in [1.54, 1.807) is 0 Å². The fraction of sp³-hybridized carbons (Fsp3) is 0.941. The molecule has 1 aliphatic rings. The maximum atomic E-state index is 12.1. The molecule has 2 unspecified atom stereocenters. The molecule has 0 aromatic carbocycles. The summed E-state index contributed by atoms with van der Waals surface area (Å²) in [7, 11) is 6.38. The second kappa shape index (κ2) is 7.56. The number of carbonyl (C=O) groups is 1. The lowest BCUT2D eigenvalue weighted by Gasteiger charge is -2.38.